The summed E-state index contributed by atoms with van der Waals surface area (Å²) in [5.74, 6) is -2.10. The van der Waals surface area contributed by atoms with Crippen molar-refractivity contribution in [2.75, 3.05) is 0 Å². The molecule has 0 radical (unpaired) electrons. The number of carbonyl (C=O) groups is 1. The highest BCUT2D eigenvalue weighted by Gasteiger charge is 2.57. The van der Waals surface area contributed by atoms with Gasteiger partial charge < -0.3 is 10.2 Å². The van der Waals surface area contributed by atoms with Crippen LogP contribution in [0.5, 0.6) is 5.75 Å². The van der Waals surface area contributed by atoms with E-state index in [0.717, 1.165) is 0 Å². The summed E-state index contributed by atoms with van der Waals surface area (Å²) in [4.78, 5) is 10.7. The zero-order valence-electron chi connectivity index (χ0n) is 9.45. The predicted octanol–water partition coefficient (Wildman–Crippen LogP) is 1.89. The molecule has 100 valence electrons. The number of rotatable bonds is 4. The number of phenols is 1. The highest BCUT2D eigenvalue weighted by molar-refractivity contribution is 5.79. The lowest BCUT2D eigenvalue weighted by Crippen LogP contribution is -2.59. The second-order valence-corrected chi connectivity index (χ2v) is 3.95. The Hall–Kier alpha value is -1.76. The zero-order valence-corrected chi connectivity index (χ0v) is 9.45. The summed E-state index contributed by atoms with van der Waals surface area (Å²) < 4.78 is 37.9. The van der Waals surface area contributed by atoms with Crippen molar-refractivity contribution in [1.82, 2.24) is 5.32 Å². The topological polar surface area (TPSA) is 69.6 Å². The number of aromatic hydroxyl groups is 1. The van der Waals surface area contributed by atoms with Gasteiger partial charge in [0.25, 0.3) is 0 Å². The molecular weight excluding hydrogens is 251 g/mol. The van der Waals surface area contributed by atoms with E-state index in [1.807, 2.05) is 5.32 Å². The van der Waals surface area contributed by atoms with Gasteiger partial charge in [0.05, 0.1) is 0 Å². The Morgan fingerprint density at radius 1 is 1.39 bits per heavy atom. The number of benzene rings is 1. The molecule has 0 aromatic heterocycles. The third-order valence-corrected chi connectivity index (χ3v) is 2.55. The maximum Gasteiger partial charge on any atom is 0.417 e. The highest BCUT2D eigenvalue weighted by atomic mass is 19.4. The van der Waals surface area contributed by atoms with E-state index in [1.165, 1.54) is 24.3 Å². The van der Waals surface area contributed by atoms with Crippen molar-refractivity contribution in [3.05, 3.63) is 29.8 Å². The standard InChI is InChI=1S/C11H12F3NO3/c1-10(9(17)18,11(12,13)14)15-6-7-3-2-4-8(16)5-7/h2-5,15-16H,6H2,1H3,(H,17,18). The lowest BCUT2D eigenvalue weighted by Gasteiger charge is -2.28. The Balaban J connectivity index is 2.85. The van der Waals surface area contributed by atoms with E-state index in [4.69, 9.17) is 10.2 Å². The van der Waals surface area contributed by atoms with Crippen LogP contribution in [0.3, 0.4) is 0 Å². The number of aliphatic carboxylic acids is 1. The van der Waals surface area contributed by atoms with Gasteiger partial charge in [0.1, 0.15) is 5.75 Å². The quantitative estimate of drug-likeness (QED) is 0.775. The molecule has 0 amide bonds. The lowest BCUT2D eigenvalue weighted by atomic mass is 10.0. The molecule has 1 aromatic rings. The van der Waals surface area contributed by atoms with Crippen molar-refractivity contribution in [2.45, 2.75) is 25.2 Å². The van der Waals surface area contributed by atoms with E-state index < -0.39 is 17.7 Å². The predicted molar refractivity (Wildman–Crippen MR) is 57.0 cm³/mol. The van der Waals surface area contributed by atoms with Gasteiger partial charge in [-0.1, -0.05) is 12.1 Å². The first kappa shape index (κ1) is 14.3. The van der Waals surface area contributed by atoms with Gasteiger partial charge in [-0.2, -0.15) is 13.2 Å². The Bertz CT molecular complexity index is 447. The van der Waals surface area contributed by atoms with Crippen molar-refractivity contribution < 1.29 is 28.2 Å². The molecule has 3 N–H and O–H groups in total. The SMILES string of the molecule is CC(NCc1cccc(O)c1)(C(=O)O)C(F)(F)F. The molecule has 18 heavy (non-hydrogen) atoms. The fourth-order valence-corrected chi connectivity index (χ4v) is 1.24. The summed E-state index contributed by atoms with van der Waals surface area (Å²) >= 11 is 0. The average molecular weight is 263 g/mol. The fourth-order valence-electron chi connectivity index (χ4n) is 1.24. The summed E-state index contributed by atoms with van der Waals surface area (Å²) in [5.41, 5.74) is -2.68. The van der Waals surface area contributed by atoms with Gasteiger partial charge in [0, 0.05) is 6.54 Å². The number of nitrogens with one attached hydrogen (secondary N) is 1. The molecule has 1 atom stereocenters. The van der Waals surface area contributed by atoms with Gasteiger partial charge >= 0.3 is 12.1 Å². The Kier molecular flexibility index (Phi) is 3.85. The van der Waals surface area contributed by atoms with Crippen molar-refractivity contribution in [3.63, 3.8) is 0 Å². The molecule has 0 aliphatic heterocycles. The molecule has 1 unspecified atom stereocenters. The summed E-state index contributed by atoms with van der Waals surface area (Å²) in [7, 11) is 0. The number of carboxylic acids is 1. The van der Waals surface area contributed by atoms with E-state index >= 15 is 0 Å². The average Bonchev–Trinajstić information content (AvgIpc) is 2.24. The molecule has 0 aliphatic rings. The molecule has 1 aromatic carbocycles. The van der Waals surface area contributed by atoms with Gasteiger partial charge in [-0.15, -0.1) is 0 Å². The third-order valence-electron chi connectivity index (χ3n) is 2.55. The Morgan fingerprint density at radius 2 is 2.00 bits per heavy atom. The van der Waals surface area contributed by atoms with Crippen LogP contribution < -0.4 is 5.32 Å². The normalized spacial score (nSPS) is 15.1. The van der Waals surface area contributed by atoms with Gasteiger partial charge in [0.15, 0.2) is 0 Å². The van der Waals surface area contributed by atoms with Crippen LogP contribution in [0.4, 0.5) is 13.2 Å². The molecule has 1 rings (SSSR count). The minimum Gasteiger partial charge on any atom is -0.508 e. The number of alkyl halides is 3. The van der Waals surface area contributed by atoms with Crippen molar-refractivity contribution in [2.24, 2.45) is 0 Å². The smallest absolute Gasteiger partial charge is 0.417 e. The second-order valence-electron chi connectivity index (χ2n) is 3.95. The van der Waals surface area contributed by atoms with Gasteiger partial charge in [-0.05, 0) is 24.6 Å². The maximum atomic E-state index is 12.6. The summed E-state index contributed by atoms with van der Waals surface area (Å²) in [6, 6.07) is 5.55. The molecule has 0 fully saturated rings. The second kappa shape index (κ2) is 4.85. The summed E-state index contributed by atoms with van der Waals surface area (Å²) in [5, 5.41) is 19.8. The van der Waals surface area contributed by atoms with E-state index in [1.54, 1.807) is 0 Å². The summed E-state index contributed by atoms with van der Waals surface area (Å²) in [6.07, 6.45) is -4.92. The fraction of sp³-hybridized carbons (Fsp3) is 0.364. The zero-order chi connectivity index (χ0) is 14.0. The lowest BCUT2D eigenvalue weighted by molar-refractivity contribution is -0.206. The number of halogens is 3. The molecule has 0 heterocycles. The van der Waals surface area contributed by atoms with Crippen molar-refractivity contribution in [1.29, 1.82) is 0 Å². The van der Waals surface area contributed by atoms with Gasteiger partial charge in [-0.3, -0.25) is 5.32 Å². The van der Waals surface area contributed by atoms with Crippen LogP contribution in [0.2, 0.25) is 0 Å². The van der Waals surface area contributed by atoms with Crippen LogP contribution in [0.1, 0.15) is 12.5 Å². The highest BCUT2D eigenvalue weighted by Crippen LogP contribution is 2.30. The van der Waals surface area contributed by atoms with Gasteiger partial charge in [-0.25, -0.2) is 4.79 Å². The first-order chi connectivity index (χ1) is 8.17. The molecular formula is C11H12F3NO3. The van der Waals surface area contributed by atoms with E-state index in [-0.39, 0.29) is 12.3 Å². The van der Waals surface area contributed by atoms with Crippen LogP contribution in [0.15, 0.2) is 24.3 Å². The number of carboxylic acid groups (broad SMARTS) is 1. The molecule has 0 aliphatic carbocycles. The largest absolute Gasteiger partial charge is 0.508 e. The molecule has 0 saturated heterocycles. The van der Waals surface area contributed by atoms with Crippen LogP contribution in [0.25, 0.3) is 0 Å². The number of hydrogen-bond acceptors (Lipinski definition) is 3. The molecule has 0 spiro atoms. The molecule has 0 bridgehead atoms. The van der Waals surface area contributed by atoms with Crippen LogP contribution in [-0.4, -0.2) is 27.9 Å². The molecule has 4 nitrogen and oxygen atoms in total. The molecule has 0 saturated carbocycles. The summed E-state index contributed by atoms with van der Waals surface area (Å²) in [6.45, 7) is 0.231. The maximum absolute atomic E-state index is 12.6. The van der Waals surface area contributed by atoms with E-state index in [2.05, 4.69) is 0 Å². The first-order valence-corrected chi connectivity index (χ1v) is 5.00. The van der Waals surface area contributed by atoms with Crippen molar-refractivity contribution in [3.8, 4) is 5.75 Å². The minimum absolute atomic E-state index is 0.0988. The number of hydrogen-bond donors (Lipinski definition) is 3. The van der Waals surface area contributed by atoms with E-state index in [9.17, 15) is 18.0 Å². The van der Waals surface area contributed by atoms with Crippen LogP contribution in [0, 0.1) is 0 Å². The molecule has 7 heteroatoms. The minimum atomic E-state index is -4.92. The van der Waals surface area contributed by atoms with Gasteiger partial charge in [0.2, 0.25) is 5.54 Å². The Labute approximate surface area is 101 Å². The first-order valence-electron chi connectivity index (χ1n) is 5.00. The van der Waals surface area contributed by atoms with Crippen LogP contribution in [-0.2, 0) is 11.3 Å². The monoisotopic (exact) mass is 263 g/mol. The number of phenolic OH excluding ortho intramolecular Hbond substituents is 1. The van der Waals surface area contributed by atoms with Crippen LogP contribution >= 0.6 is 0 Å². The van der Waals surface area contributed by atoms with Crippen molar-refractivity contribution >= 4 is 5.97 Å². The third kappa shape index (κ3) is 2.92. The Morgan fingerprint density at radius 3 is 2.44 bits per heavy atom. The van der Waals surface area contributed by atoms with E-state index in [0.29, 0.717) is 12.5 Å².